The van der Waals surface area contributed by atoms with Crippen molar-refractivity contribution in [2.75, 3.05) is 34.9 Å². The van der Waals surface area contributed by atoms with Gasteiger partial charge in [0.25, 0.3) is 0 Å². The Labute approximate surface area is 464 Å². The molecular formula is C58H87NO20. The first-order chi connectivity index (χ1) is 37.2. The predicted octanol–water partition coefficient (Wildman–Crippen LogP) is 4.40. The molecule has 5 rings (SSSR count). The average molecular weight is 1120 g/mol. The fourth-order valence-electron chi connectivity index (χ4n) is 11.3. The summed E-state index contributed by atoms with van der Waals surface area (Å²) in [4.78, 5) is 80.3. The van der Waals surface area contributed by atoms with Crippen molar-refractivity contribution in [1.29, 1.82) is 0 Å². The number of benzene rings is 1. The molecule has 4 heterocycles. The molecule has 21 nitrogen and oxygen atoms in total. The van der Waals surface area contributed by atoms with Crippen LogP contribution in [0.4, 0.5) is 0 Å². The van der Waals surface area contributed by atoms with E-state index in [0.717, 1.165) is 0 Å². The molecule has 0 saturated carbocycles. The Morgan fingerprint density at radius 2 is 1.49 bits per heavy atom. The number of methoxy groups -OCH3 is 2. The molecule has 3 fully saturated rings. The van der Waals surface area contributed by atoms with Crippen molar-refractivity contribution in [3.63, 3.8) is 0 Å². The number of aliphatic hydroxyl groups is 3. The number of nitrogens with zero attached hydrogens (tertiary/aromatic N) is 1. The Balaban J connectivity index is 1.39. The number of aliphatic hydroxyl groups excluding tert-OH is 2. The van der Waals surface area contributed by atoms with Crippen molar-refractivity contribution in [3.8, 4) is 0 Å². The summed E-state index contributed by atoms with van der Waals surface area (Å²) in [6, 6.07) is 5.74. The molecule has 1 aromatic carbocycles. The monoisotopic (exact) mass is 1120 g/mol. The number of Topliss-reactive ketones (excluding diaryl/α,β-unsaturated/α-hetero) is 1. The number of cyclic esters (lactones) is 1. The zero-order valence-electron chi connectivity index (χ0n) is 48.3. The summed E-state index contributed by atoms with van der Waals surface area (Å²) in [6.07, 6.45) is -9.62. The fraction of sp³-hybridized carbons (Fsp3) is 0.724. The molecule has 0 radical (unpaired) electrons. The number of allylic oxidation sites excluding steroid dienone is 3. The number of carbonyl (C=O) groups is 6. The van der Waals surface area contributed by atoms with Gasteiger partial charge >= 0.3 is 17.9 Å². The van der Waals surface area contributed by atoms with Crippen molar-refractivity contribution >= 4 is 35.8 Å². The van der Waals surface area contributed by atoms with Crippen molar-refractivity contribution < 1.29 is 96.2 Å². The zero-order chi connectivity index (χ0) is 58.6. The number of likely N-dealkylation sites (N-methyl/N-ethyl adjacent to an activating group) is 1. The lowest BCUT2D eigenvalue weighted by molar-refractivity contribution is -0.342. The second-order valence-corrected chi connectivity index (χ2v) is 22.2. The number of ketones is 2. The minimum atomic E-state index is -1.62. The maximum atomic E-state index is 14.2. The van der Waals surface area contributed by atoms with Crippen LogP contribution in [0.2, 0.25) is 0 Å². The first-order valence-corrected chi connectivity index (χ1v) is 27.4. The molecule has 4 aliphatic heterocycles. The third-order valence-electron chi connectivity index (χ3n) is 15.6. The molecule has 0 unspecified atom stereocenters. The Kier molecular flexibility index (Phi) is 24.5. The second-order valence-electron chi connectivity index (χ2n) is 22.2. The normalized spacial score (nSPS) is 39.2. The highest BCUT2D eigenvalue weighted by atomic mass is 16.7. The third kappa shape index (κ3) is 17.3. The summed E-state index contributed by atoms with van der Waals surface area (Å²) in [5.41, 5.74) is 0.159. The van der Waals surface area contributed by atoms with Crippen molar-refractivity contribution in [1.82, 2.24) is 4.90 Å². The van der Waals surface area contributed by atoms with Gasteiger partial charge in [0, 0.05) is 57.3 Å². The van der Waals surface area contributed by atoms with Crippen LogP contribution in [0.15, 0.2) is 48.1 Å². The van der Waals surface area contributed by atoms with E-state index in [4.69, 9.17) is 52.1 Å². The van der Waals surface area contributed by atoms with Crippen LogP contribution in [0.5, 0.6) is 0 Å². The molecule has 0 amide bonds. The van der Waals surface area contributed by atoms with Crippen molar-refractivity contribution in [2.24, 2.45) is 23.7 Å². The SMILES string of the molecule is CC[C@H]1OC(=O)C[C@@H](OC(C)=O)[C@H](C)[C@@H](O[C@@H]2O[C@H](C)[C@@H](O[C@H]3C[C@@](C)(O)[C@@H](OC(=O)Cc4ccc(C(C)=O)cc4)[C@H](C)O3)[C@H](N(C)C)[C@H]2O)[C@@H](CC=O)C[C@@H](C)C(=O)/C=C/C(C)=C/[C@H]1CO[C@@H]1O[C@H](C)[C@@H](O)[C@@H](OC)[C@H]1OC. The van der Waals surface area contributed by atoms with Gasteiger partial charge < -0.3 is 77.1 Å². The highest BCUT2D eigenvalue weighted by Gasteiger charge is 2.53. The number of aldehydes is 1. The van der Waals surface area contributed by atoms with Gasteiger partial charge in [0.15, 0.2) is 36.5 Å². The van der Waals surface area contributed by atoms with Crippen LogP contribution < -0.4 is 0 Å². The summed E-state index contributed by atoms with van der Waals surface area (Å²) < 4.78 is 67.5. The van der Waals surface area contributed by atoms with Gasteiger partial charge in [-0.15, -0.1) is 0 Å². The highest BCUT2D eigenvalue weighted by molar-refractivity contribution is 5.94. The molecule has 4 aliphatic rings. The summed E-state index contributed by atoms with van der Waals surface area (Å²) in [5.74, 6) is -5.30. The van der Waals surface area contributed by atoms with Gasteiger partial charge in [0.1, 0.15) is 54.6 Å². The maximum Gasteiger partial charge on any atom is 0.310 e. The topological polar surface area (TPSA) is 268 Å². The van der Waals surface area contributed by atoms with Crippen molar-refractivity contribution in [2.45, 2.75) is 212 Å². The number of esters is 3. The van der Waals surface area contributed by atoms with Gasteiger partial charge in [-0.25, -0.2) is 0 Å². The van der Waals surface area contributed by atoms with E-state index in [9.17, 15) is 44.1 Å². The molecule has 0 spiro atoms. The maximum absolute atomic E-state index is 14.2. The van der Waals surface area contributed by atoms with Gasteiger partial charge in [-0.2, -0.15) is 0 Å². The van der Waals surface area contributed by atoms with Crippen molar-refractivity contribution in [3.05, 3.63) is 59.2 Å². The van der Waals surface area contributed by atoms with Crippen LogP contribution in [0, 0.1) is 23.7 Å². The lowest BCUT2D eigenvalue weighted by atomic mass is 9.79. The molecule has 79 heavy (non-hydrogen) atoms. The quantitative estimate of drug-likeness (QED) is 0.0796. The van der Waals surface area contributed by atoms with Crippen LogP contribution in [-0.4, -0.2) is 195 Å². The van der Waals surface area contributed by atoms with E-state index in [1.54, 1.807) is 90.9 Å². The van der Waals surface area contributed by atoms with Gasteiger partial charge in [-0.3, -0.25) is 24.0 Å². The largest absolute Gasteiger partial charge is 0.462 e. The lowest BCUT2D eigenvalue weighted by Crippen LogP contribution is -2.65. The Morgan fingerprint density at radius 3 is 2.08 bits per heavy atom. The van der Waals surface area contributed by atoms with Crippen LogP contribution in [-0.2, 0) is 82.5 Å². The van der Waals surface area contributed by atoms with E-state index in [-0.39, 0.29) is 43.9 Å². The first-order valence-electron chi connectivity index (χ1n) is 27.4. The average Bonchev–Trinajstić information content (AvgIpc) is 3.42. The smallest absolute Gasteiger partial charge is 0.310 e. The zero-order valence-corrected chi connectivity index (χ0v) is 48.3. The number of carbonyl (C=O) groups excluding carboxylic acids is 6. The van der Waals surface area contributed by atoms with E-state index < -0.39 is 152 Å². The minimum Gasteiger partial charge on any atom is -0.462 e. The Morgan fingerprint density at radius 1 is 0.835 bits per heavy atom. The second kappa shape index (κ2) is 29.6. The molecule has 0 aromatic heterocycles. The van der Waals surface area contributed by atoms with Crippen LogP contribution >= 0.6 is 0 Å². The predicted molar refractivity (Wildman–Crippen MR) is 284 cm³/mol. The van der Waals surface area contributed by atoms with Gasteiger partial charge in [-0.05, 0) is 86.0 Å². The first kappa shape index (κ1) is 65.5. The highest BCUT2D eigenvalue weighted by Crippen LogP contribution is 2.39. The molecule has 21 atom stereocenters. The van der Waals surface area contributed by atoms with E-state index in [2.05, 4.69) is 0 Å². The summed E-state index contributed by atoms with van der Waals surface area (Å²) in [7, 11) is 6.37. The fourth-order valence-corrected chi connectivity index (χ4v) is 11.3. The minimum absolute atomic E-state index is 0.0481. The van der Waals surface area contributed by atoms with Gasteiger partial charge in [0.05, 0.1) is 49.9 Å². The molecule has 21 heteroatoms. The molecule has 3 N–H and O–H groups in total. The summed E-state index contributed by atoms with van der Waals surface area (Å²) >= 11 is 0. The molecule has 0 bridgehead atoms. The number of ether oxygens (including phenoxy) is 11. The van der Waals surface area contributed by atoms with Gasteiger partial charge in [0.2, 0.25) is 0 Å². The number of hydrogen-bond donors (Lipinski definition) is 3. The Bertz CT molecular complexity index is 2250. The molecule has 0 aliphatic carbocycles. The van der Waals surface area contributed by atoms with E-state index in [0.29, 0.717) is 29.4 Å². The molecule has 444 valence electrons. The third-order valence-corrected chi connectivity index (χ3v) is 15.6. The number of rotatable bonds is 18. The van der Waals surface area contributed by atoms with E-state index >= 15 is 0 Å². The van der Waals surface area contributed by atoms with E-state index in [1.165, 1.54) is 41.1 Å². The number of hydrogen-bond acceptors (Lipinski definition) is 21. The Hall–Kier alpha value is -4.36. The summed E-state index contributed by atoms with van der Waals surface area (Å²) in [6.45, 7) is 16.2. The van der Waals surface area contributed by atoms with Crippen LogP contribution in [0.25, 0.3) is 0 Å². The molecule has 1 aromatic rings. The van der Waals surface area contributed by atoms with E-state index in [1.807, 2.05) is 13.0 Å². The van der Waals surface area contributed by atoms with Crippen LogP contribution in [0.3, 0.4) is 0 Å². The summed E-state index contributed by atoms with van der Waals surface area (Å²) in [5, 5.41) is 34.8. The van der Waals surface area contributed by atoms with Crippen LogP contribution in [0.1, 0.15) is 117 Å². The molecule has 3 saturated heterocycles. The molecular weight excluding hydrogens is 1030 g/mol. The standard InChI is InChI=1S/C58H87NO20/c1-15-43-41(29-71-57-54(70-14)53(69-13)49(66)34(6)73-57)24-30(2)16-21-42(63)31(3)25-40(22-23-60)51(32(4)44(75-37(9)62)27-46(65)76-43)79-56-50(67)48(59(11)12)52(35(7)74-56)78-47-28-58(10,68)55(36(8)72-47)77-45(64)26-38-17-19-39(20-18-38)33(5)61/h16-21,23-24,31-32,34-36,40-41,43-44,47-57,66-68H,15,22,25-29H2,1-14H3/b21-16+,30-24+/t31-,32+,34-,35-,36+,40+,41+,43-,44-,47+,48-,49-,50-,51-,52-,53-,54-,55+,56+,57-,58-/m1/s1. The van der Waals surface area contributed by atoms with Gasteiger partial charge in [-0.1, -0.05) is 62.8 Å². The lowest BCUT2D eigenvalue weighted by Gasteiger charge is -2.50.